The Morgan fingerprint density at radius 3 is 2.75 bits per heavy atom. The minimum absolute atomic E-state index is 0.0509. The summed E-state index contributed by atoms with van der Waals surface area (Å²) in [4.78, 5) is 14.3. The highest BCUT2D eigenvalue weighted by molar-refractivity contribution is 14.1. The van der Waals surface area contributed by atoms with Crippen LogP contribution in [-0.4, -0.2) is 23.2 Å². The standard InChI is InChI=1S/C9H8F2INO3/c1-16-9-7(12)4(2-6(14)15)5(3-13-9)8(10)11/h3,8H,2H2,1H3,(H,14,15). The first-order chi connectivity index (χ1) is 7.47. The van der Waals surface area contributed by atoms with Crippen molar-refractivity contribution in [2.24, 2.45) is 0 Å². The highest BCUT2D eigenvalue weighted by atomic mass is 127. The number of nitrogens with zero attached hydrogens (tertiary/aromatic N) is 1. The van der Waals surface area contributed by atoms with E-state index in [0.29, 0.717) is 3.57 Å². The van der Waals surface area contributed by atoms with E-state index >= 15 is 0 Å². The predicted molar refractivity (Wildman–Crippen MR) is 59.8 cm³/mol. The van der Waals surface area contributed by atoms with Gasteiger partial charge in [0.05, 0.1) is 17.1 Å². The summed E-state index contributed by atoms with van der Waals surface area (Å²) in [5.74, 6) is -1.02. The number of rotatable bonds is 4. The zero-order valence-corrected chi connectivity index (χ0v) is 10.4. The first-order valence-electron chi connectivity index (χ1n) is 4.18. The lowest BCUT2D eigenvalue weighted by Gasteiger charge is -2.11. The highest BCUT2D eigenvalue weighted by Gasteiger charge is 2.21. The molecule has 0 saturated heterocycles. The number of hydrogen-bond acceptors (Lipinski definition) is 3. The Morgan fingerprint density at radius 1 is 1.69 bits per heavy atom. The quantitative estimate of drug-likeness (QED) is 0.852. The molecule has 0 aromatic carbocycles. The number of carbonyl (C=O) groups is 1. The van der Waals surface area contributed by atoms with Crippen molar-refractivity contribution in [1.29, 1.82) is 0 Å². The molecular weight excluding hydrogens is 335 g/mol. The van der Waals surface area contributed by atoms with Gasteiger partial charge in [-0.2, -0.15) is 0 Å². The molecule has 1 heterocycles. The van der Waals surface area contributed by atoms with Crippen molar-refractivity contribution in [3.8, 4) is 5.88 Å². The average molecular weight is 343 g/mol. The van der Waals surface area contributed by atoms with Gasteiger partial charge in [-0.05, 0) is 28.2 Å². The van der Waals surface area contributed by atoms with Crippen LogP contribution in [0, 0.1) is 3.57 Å². The molecule has 0 atom stereocenters. The van der Waals surface area contributed by atoms with E-state index in [-0.39, 0.29) is 17.0 Å². The maximum absolute atomic E-state index is 12.6. The maximum atomic E-state index is 12.6. The van der Waals surface area contributed by atoms with Crippen LogP contribution in [-0.2, 0) is 11.2 Å². The first-order valence-corrected chi connectivity index (χ1v) is 5.26. The number of carboxylic acid groups (broad SMARTS) is 1. The Kier molecular flexibility index (Phi) is 4.39. The lowest BCUT2D eigenvalue weighted by atomic mass is 10.1. The molecule has 0 aliphatic heterocycles. The van der Waals surface area contributed by atoms with Crippen LogP contribution in [0.5, 0.6) is 5.88 Å². The van der Waals surface area contributed by atoms with Crippen molar-refractivity contribution in [3.05, 3.63) is 20.9 Å². The van der Waals surface area contributed by atoms with E-state index in [9.17, 15) is 13.6 Å². The predicted octanol–water partition coefficient (Wildman–Crippen LogP) is 2.26. The molecule has 16 heavy (non-hydrogen) atoms. The van der Waals surface area contributed by atoms with Crippen molar-refractivity contribution in [3.63, 3.8) is 0 Å². The molecular formula is C9H8F2INO3. The fourth-order valence-electron chi connectivity index (χ4n) is 1.18. The van der Waals surface area contributed by atoms with Crippen LogP contribution in [0.3, 0.4) is 0 Å². The lowest BCUT2D eigenvalue weighted by molar-refractivity contribution is -0.136. The van der Waals surface area contributed by atoms with Crippen LogP contribution in [0.15, 0.2) is 6.20 Å². The zero-order chi connectivity index (χ0) is 12.3. The Balaban J connectivity index is 3.30. The molecule has 0 amide bonds. The van der Waals surface area contributed by atoms with E-state index in [1.54, 1.807) is 22.6 Å². The van der Waals surface area contributed by atoms with E-state index in [0.717, 1.165) is 6.20 Å². The molecule has 0 fully saturated rings. The van der Waals surface area contributed by atoms with Crippen LogP contribution < -0.4 is 4.74 Å². The number of methoxy groups -OCH3 is 1. The minimum atomic E-state index is -2.75. The monoisotopic (exact) mass is 343 g/mol. The van der Waals surface area contributed by atoms with Gasteiger partial charge < -0.3 is 9.84 Å². The number of ether oxygens (including phenoxy) is 1. The van der Waals surface area contributed by atoms with E-state index < -0.39 is 18.8 Å². The molecule has 1 aromatic rings. The SMILES string of the molecule is COc1ncc(C(F)F)c(CC(=O)O)c1I. The second kappa shape index (κ2) is 5.37. The molecule has 0 radical (unpaired) electrons. The molecule has 4 nitrogen and oxygen atoms in total. The Bertz CT molecular complexity index is 412. The van der Waals surface area contributed by atoms with Gasteiger partial charge in [-0.1, -0.05) is 0 Å². The zero-order valence-electron chi connectivity index (χ0n) is 8.21. The number of carboxylic acids is 1. The second-order valence-corrected chi connectivity index (χ2v) is 3.97. The molecule has 1 N–H and O–H groups in total. The van der Waals surface area contributed by atoms with Gasteiger partial charge in [0.15, 0.2) is 0 Å². The van der Waals surface area contributed by atoms with Gasteiger partial charge in [-0.25, -0.2) is 13.8 Å². The average Bonchev–Trinajstić information content (AvgIpc) is 2.19. The third-order valence-electron chi connectivity index (χ3n) is 1.88. The summed E-state index contributed by atoms with van der Waals surface area (Å²) in [7, 11) is 1.34. The Labute approximate surface area is 104 Å². The lowest BCUT2D eigenvalue weighted by Crippen LogP contribution is -2.08. The minimum Gasteiger partial charge on any atom is -0.481 e. The van der Waals surface area contributed by atoms with E-state index in [1.807, 2.05) is 0 Å². The van der Waals surface area contributed by atoms with Crippen LogP contribution in [0.1, 0.15) is 17.6 Å². The highest BCUT2D eigenvalue weighted by Crippen LogP contribution is 2.30. The molecule has 0 aliphatic rings. The van der Waals surface area contributed by atoms with Crippen LogP contribution in [0.25, 0.3) is 0 Å². The normalized spacial score (nSPS) is 10.6. The van der Waals surface area contributed by atoms with Gasteiger partial charge in [0.1, 0.15) is 0 Å². The molecule has 0 saturated carbocycles. The Morgan fingerprint density at radius 2 is 2.31 bits per heavy atom. The number of alkyl halides is 2. The summed E-state index contributed by atoms with van der Waals surface area (Å²) in [6, 6.07) is 0. The third-order valence-corrected chi connectivity index (χ3v) is 2.99. The van der Waals surface area contributed by atoms with Gasteiger partial charge in [-0.3, -0.25) is 4.79 Å². The summed E-state index contributed by atoms with van der Waals surface area (Å²) >= 11 is 1.75. The molecule has 88 valence electrons. The van der Waals surface area contributed by atoms with Gasteiger partial charge in [0.25, 0.3) is 6.43 Å². The molecule has 1 rings (SSSR count). The number of aliphatic carboxylic acids is 1. The molecule has 0 aliphatic carbocycles. The number of aromatic nitrogens is 1. The maximum Gasteiger partial charge on any atom is 0.307 e. The van der Waals surface area contributed by atoms with Crippen LogP contribution in [0.4, 0.5) is 8.78 Å². The summed E-state index contributed by atoms with van der Waals surface area (Å²) < 4.78 is 30.4. The van der Waals surface area contributed by atoms with Crippen molar-refractivity contribution in [2.75, 3.05) is 7.11 Å². The molecule has 1 aromatic heterocycles. The van der Waals surface area contributed by atoms with Crippen molar-refractivity contribution in [1.82, 2.24) is 4.98 Å². The van der Waals surface area contributed by atoms with Gasteiger partial charge in [0, 0.05) is 11.8 Å². The fraction of sp³-hybridized carbons (Fsp3) is 0.333. The number of pyridine rings is 1. The van der Waals surface area contributed by atoms with Crippen molar-refractivity contribution >= 4 is 28.6 Å². The summed E-state index contributed by atoms with van der Waals surface area (Å²) in [5.41, 5.74) is -0.317. The molecule has 7 heteroatoms. The largest absolute Gasteiger partial charge is 0.481 e. The molecule has 0 spiro atoms. The topological polar surface area (TPSA) is 59.4 Å². The summed E-state index contributed by atoms with van der Waals surface area (Å²) in [6.07, 6.45) is -2.28. The van der Waals surface area contributed by atoms with Crippen LogP contribution in [0.2, 0.25) is 0 Å². The summed E-state index contributed by atoms with van der Waals surface area (Å²) in [5, 5.41) is 8.65. The molecule has 0 bridgehead atoms. The van der Waals surface area contributed by atoms with E-state index in [1.165, 1.54) is 7.11 Å². The second-order valence-electron chi connectivity index (χ2n) is 2.89. The third kappa shape index (κ3) is 2.77. The molecule has 0 unspecified atom stereocenters. The Hall–Kier alpha value is -0.990. The van der Waals surface area contributed by atoms with Crippen LogP contribution >= 0.6 is 22.6 Å². The fourth-order valence-corrected chi connectivity index (χ4v) is 2.04. The van der Waals surface area contributed by atoms with Gasteiger partial charge in [-0.15, -0.1) is 0 Å². The van der Waals surface area contributed by atoms with Gasteiger partial charge in [0.2, 0.25) is 5.88 Å². The number of halogens is 3. The van der Waals surface area contributed by atoms with Crippen molar-refractivity contribution < 1.29 is 23.4 Å². The van der Waals surface area contributed by atoms with Gasteiger partial charge >= 0.3 is 5.97 Å². The smallest absolute Gasteiger partial charge is 0.307 e. The van der Waals surface area contributed by atoms with E-state index in [2.05, 4.69) is 4.98 Å². The van der Waals surface area contributed by atoms with E-state index in [4.69, 9.17) is 9.84 Å². The summed E-state index contributed by atoms with van der Waals surface area (Å²) in [6.45, 7) is 0. The van der Waals surface area contributed by atoms with Crippen molar-refractivity contribution in [2.45, 2.75) is 12.8 Å². The first kappa shape index (κ1) is 13.1. The number of hydrogen-bond donors (Lipinski definition) is 1.